The summed E-state index contributed by atoms with van der Waals surface area (Å²) < 4.78 is 25.4. The van der Waals surface area contributed by atoms with Gasteiger partial charge in [-0.3, -0.25) is 4.79 Å². The number of likely N-dealkylation sites (tertiary alicyclic amines) is 1. The lowest BCUT2D eigenvalue weighted by atomic mass is 9.87. The van der Waals surface area contributed by atoms with Gasteiger partial charge in [-0.05, 0) is 44.9 Å². The first kappa shape index (κ1) is 20.7. The van der Waals surface area contributed by atoms with Crippen LogP contribution in [0.3, 0.4) is 0 Å². The molecular formula is C20H25FN2O4. The van der Waals surface area contributed by atoms with Crippen molar-refractivity contribution in [1.29, 1.82) is 5.26 Å². The van der Waals surface area contributed by atoms with Crippen LogP contribution in [0, 0.1) is 11.3 Å². The fraction of sp³-hybridized carbons (Fsp3) is 0.550. The van der Waals surface area contributed by atoms with Crippen LogP contribution >= 0.6 is 0 Å². The Morgan fingerprint density at radius 3 is 2.63 bits per heavy atom. The zero-order chi connectivity index (χ0) is 20.2. The zero-order valence-corrected chi connectivity index (χ0v) is 16.1. The summed E-state index contributed by atoms with van der Waals surface area (Å²) in [5, 5.41) is 8.69. The monoisotopic (exact) mass is 376 g/mol. The highest BCUT2D eigenvalue weighted by Crippen LogP contribution is 2.34. The molecule has 0 spiro atoms. The van der Waals surface area contributed by atoms with Crippen molar-refractivity contribution in [2.75, 3.05) is 20.2 Å². The molecular weight excluding hydrogens is 351 g/mol. The number of ketones is 1. The molecule has 1 aliphatic heterocycles. The third-order valence-electron chi connectivity index (χ3n) is 4.39. The molecule has 1 aliphatic rings. The van der Waals surface area contributed by atoms with E-state index in [0.717, 1.165) is 0 Å². The summed E-state index contributed by atoms with van der Waals surface area (Å²) in [7, 11) is 1.43. The average Bonchev–Trinajstić information content (AvgIpc) is 2.59. The summed E-state index contributed by atoms with van der Waals surface area (Å²) in [6.07, 6.45) is -1.57. The van der Waals surface area contributed by atoms with Crippen molar-refractivity contribution < 1.29 is 23.5 Å². The van der Waals surface area contributed by atoms with E-state index >= 15 is 0 Å². The number of amides is 1. The number of benzene rings is 1. The Morgan fingerprint density at radius 2 is 2.07 bits per heavy atom. The summed E-state index contributed by atoms with van der Waals surface area (Å²) in [5.74, 6) is -0.412. The van der Waals surface area contributed by atoms with Gasteiger partial charge in [0.05, 0.1) is 31.7 Å². The molecule has 1 fully saturated rings. The fourth-order valence-electron chi connectivity index (χ4n) is 3.11. The zero-order valence-electron chi connectivity index (χ0n) is 16.1. The molecule has 6 nitrogen and oxygen atoms in total. The number of methoxy groups -OCH3 is 1. The molecule has 0 saturated carbocycles. The second-order valence-corrected chi connectivity index (χ2v) is 7.56. The molecule has 1 aromatic rings. The number of ether oxygens (including phenoxy) is 2. The van der Waals surface area contributed by atoms with Gasteiger partial charge in [0, 0.05) is 12.5 Å². The van der Waals surface area contributed by atoms with Crippen molar-refractivity contribution >= 4 is 11.9 Å². The van der Waals surface area contributed by atoms with Gasteiger partial charge in [0.2, 0.25) is 0 Å². The molecule has 1 saturated heterocycles. The van der Waals surface area contributed by atoms with Crippen molar-refractivity contribution in [3.05, 3.63) is 29.3 Å². The number of halogens is 1. The van der Waals surface area contributed by atoms with E-state index in [1.165, 1.54) is 12.0 Å². The summed E-state index contributed by atoms with van der Waals surface area (Å²) in [6.45, 7) is 5.65. The van der Waals surface area contributed by atoms with E-state index in [9.17, 15) is 14.0 Å². The fourth-order valence-corrected chi connectivity index (χ4v) is 3.11. The minimum absolute atomic E-state index is 0.0446. The third-order valence-corrected chi connectivity index (χ3v) is 4.39. The molecule has 0 N–H and O–H groups in total. The Balaban J connectivity index is 2.13. The van der Waals surface area contributed by atoms with Crippen LogP contribution in [-0.2, 0) is 4.74 Å². The first-order valence-electron chi connectivity index (χ1n) is 8.86. The normalized spacial score (nSPS) is 19.9. The second-order valence-electron chi connectivity index (χ2n) is 7.56. The van der Waals surface area contributed by atoms with Crippen molar-refractivity contribution in [1.82, 2.24) is 4.90 Å². The number of carbonyl (C=O) groups is 2. The van der Waals surface area contributed by atoms with Crippen molar-refractivity contribution in [3.8, 4) is 11.8 Å². The summed E-state index contributed by atoms with van der Waals surface area (Å²) >= 11 is 0. The number of hydrogen-bond acceptors (Lipinski definition) is 5. The Morgan fingerprint density at radius 1 is 1.37 bits per heavy atom. The van der Waals surface area contributed by atoms with Gasteiger partial charge < -0.3 is 14.4 Å². The molecule has 2 atom stereocenters. The highest BCUT2D eigenvalue weighted by Gasteiger charge is 2.34. The summed E-state index contributed by atoms with van der Waals surface area (Å²) in [5.41, 5.74) is 0.389. The molecule has 1 aromatic carbocycles. The van der Waals surface area contributed by atoms with Crippen LogP contribution < -0.4 is 4.74 Å². The lowest BCUT2D eigenvalue weighted by molar-refractivity contribution is 0.0111. The first-order chi connectivity index (χ1) is 12.7. The van der Waals surface area contributed by atoms with Crippen LogP contribution in [0.1, 0.15) is 55.5 Å². The number of Topliss-reactive ketones (excluding diaryl/α,β-unsaturated/α-hetero) is 1. The maximum absolute atomic E-state index is 14.8. The maximum atomic E-state index is 14.8. The summed E-state index contributed by atoms with van der Waals surface area (Å²) in [4.78, 5) is 25.5. The van der Waals surface area contributed by atoms with Crippen LogP contribution in [0.25, 0.3) is 0 Å². The highest BCUT2D eigenvalue weighted by molar-refractivity contribution is 5.99. The number of piperidine rings is 1. The van der Waals surface area contributed by atoms with Crippen LogP contribution in [0.2, 0.25) is 0 Å². The number of alkyl halides is 1. The molecule has 0 aromatic heterocycles. The Bertz CT molecular complexity index is 751. The van der Waals surface area contributed by atoms with E-state index in [2.05, 4.69) is 0 Å². The molecule has 27 heavy (non-hydrogen) atoms. The Labute approximate surface area is 158 Å². The topological polar surface area (TPSA) is 79.6 Å². The number of carbonyl (C=O) groups excluding carboxylic acids is 2. The molecule has 1 heterocycles. The molecule has 146 valence electrons. The van der Waals surface area contributed by atoms with Gasteiger partial charge in [-0.2, -0.15) is 5.26 Å². The van der Waals surface area contributed by atoms with Crippen LogP contribution in [0.15, 0.2) is 18.2 Å². The van der Waals surface area contributed by atoms with E-state index in [1.54, 1.807) is 39.0 Å². The highest BCUT2D eigenvalue weighted by atomic mass is 19.1. The van der Waals surface area contributed by atoms with Gasteiger partial charge in [-0.1, -0.05) is 6.07 Å². The average molecular weight is 376 g/mol. The molecule has 7 heteroatoms. The van der Waals surface area contributed by atoms with Gasteiger partial charge in [0.25, 0.3) is 0 Å². The third kappa shape index (κ3) is 5.19. The van der Waals surface area contributed by atoms with Crippen molar-refractivity contribution in [3.63, 3.8) is 0 Å². The van der Waals surface area contributed by atoms with Crippen molar-refractivity contribution in [2.45, 2.75) is 51.3 Å². The predicted molar refractivity (Wildman–Crippen MR) is 97.6 cm³/mol. The molecule has 0 radical (unpaired) electrons. The first-order valence-corrected chi connectivity index (χ1v) is 8.86. The lowest BCUT2D eigenvalue weighted by Crippen LogP contribution is -2.46. The molecule has 2 rings (SSSR count). The van der Waals surface area contributed by atoms with Gasteiger partial charge >= 0.3 is 6.09 Å². The van der Waals surface area contributed by atoms with Crippen LogP contribution in [0.4, 0.5) is 9.18 Å². The number of hydrogen-bond donors (Lipinski definition) is 0. The molecule has 1 amide bonds. The smallest absolute Gasteiger partial charge is 0.410 e. The molecule has 0 bridgehead atoms. The van der Waals surface area contributed by atoms with Gasteiger partial charge in [0.15, 0.2) is 5.78 Å². The number of nitriles is 1. The van der Waals surface area contributed by atoms with E-state index in [4.69, 9.17) is 14.7 Å². The predicted octanol–water partition coefficient (Wildman–Crippen LogP) is 3.85. The summed E-state index contributed by atoms with van der Waals surface area (Å²) in [6, 6.07) is 6.72. The van der Waals surface area contributed by atoms with Gasteiger partial charge in [0.1, 0.15) is 17.5 Å². The Kier molecular flexibility index (Phi) is 6.42. The molecule has 0 aliphatic carbocycles. The minimum Gasteiger partial charge on any atom is -0.496 e. The quantitative estimate of drug-likeness (QED) is 0.746. The van der Waals surface area contributed by atoms with Crippen molar-refractivity contribution in [2.24, 2.45) is 0 Å². The van der Waals surface area contributed by atoms with E-state index < -0.39 is 23.8 Å². The lowest BCUT2D eigenvalue weighted by Gasteiger charge is -2.36. The largest absolute Gasteiger partial charge is 0.496 e. The maximum Gasteiger partial charge on any atom is 0.410 e. The number of rotatable bonds is 4. The van der Waals surface area contributed by atoms with E-state index in [1.807, 2.05) is 6.07 Å². The minimum atomic E-state index is -1.25. The van der Waals surface area contributed by atoms with E-state index in [-0.39, 0.29) is 18.7 Å². The van der Waals surface area contributed by atoms with Gasteiger partial charge in [-0.15, -0.1) is 0 Å². The van der Waals surface area contributed by atoms with E-state index in [0.29, 0.717) is 29.8 Å². The SMILES string of the molecule is COc1cc(C2CCN(C(=O)OC(C)(C)C)CC2F)ccc1C(=O)CC#N. The van der Waals surface area contributed by atoms with Gasteiger partial charge in [-0.25, -0.2) is 9.18 Å². The Hall–Kier alpha value is -2.62. The number of nitrogens with zero attached hydrogens (tertiary/aromatic N) is 2. The molecule has 2 unspecified atom stereocenters. The standard InChI is InChI=1S/C20H25FN2O4/c1-20(2,3)27-19(25)23-10-8-14(16(21)12-23)13-5-6-15(17(24)7-9-22)18(11-13)26-4/h5-6,11,14,16H,7-8,10,12H2,1-4H3. The van der Waals surface area contributed by atoms with Crippen LogP contribution in [-0.4, -0.2) is 48.7 Å². The van der Waals surface area contributed by atoms with Crippen LogP contribution in [0.5, 0.6) is 5.75 Å². The second kappa shape index (κ2) is 8.38.